The zero-order chi connectivity index (χ0) is 23.0. The van der Waals surface area contributed by atoms with Gasteiger partial charge in [0.15, 0.2) is 26.5 Å². The molecule has 2 atom stereocenters. The van der Waals surface area contributed by atoms with Crippen molar-refractivity contribution in [3.63, 3.8) is 0 Å². The van der Waals surface area contributed by atoms with Gasteiger partial charge in [0, 0.05) is 9.72 Å². The molecule has 0 aliphatic carbocycles. The fourth-order valence-corrected chi connectivity index (χ4v) is 8.52. The molecule has 2 aromatic carbocycles. The van der Waals surface area contributed by atoms with Crippen molar-refractivity contribution >= 4 is 65.9 Å². The van der Waals surface area contributed by atoms with E-state index in [1.165, 1.54) is 18.9 Å². The standard InChI is InChI=1S/C21H20BrClN2O5S2/c1-29-17-6-3-12(7-18(17)30-2)8-20(26)24-21-25(15-5-4-13(22)9-14(15)23)16-10-32(27,28)11-19(16)31-21/h3-7,9,16,19H,8,10-11H2,1-2H3/t16-,19-/m1/s1. The first kappa shape index (κ1) is 23.4. The van der Waals surface area contributed by atoms with E-state index >= 15 is 0 Å². The second kappa shape index (κ2) is 9.24. The Balaban J connectivity index is 1.64. The lowest BCUT2D eigenvalue weighted by atomic mass is 10.1. The molecule has 2 fully saturated rings. The summed E-state index contributed by atoms with van der Waals surface area (Å²) in [7, 11) is -0.0830. The minimum Gasteiger partial charge on any atom is -0.493 e. The zero-order valence-corrected chi connectivity index (χ0v) is 21.2. The summed E-state index contributed by atoms with van der Waals surface area (Å²) in [6.45, 7) is 0. The molecular formula is C21H20BrClN2O5S2. The number of carbonyl (C=O) groups excluding carboxylic acids is 1. The van der Waals surface area contributed by atoms with Crippen molar-refractivity contribution in [2.45, 2.75) is 17.7 Å². The number of amides is 1. The number of carbonyl (C=O) groups is 1. The molecule has 0 bridgehead atoms. The van der Waals surface area contributed by atoms with Gasteiger partial charge >= 0.3 is 0 Å². The van der Waals surface area contributed by atoms with Gasteiger partial charge in [-0.15, -0.1) is 0 Å². The van der Waals surface area contributed by atoms with Crippen LogP contribution in [0.1, 0.15) is 5.56 Å². The number of hydrogen-bond donors (Lipinski definition) is 0. The van der Waals surface area contributed by atoms with Gasteiger partial charge in [0.1, 0.15) is 0 Å². The fourth-order valence-electron chi connectivity index (χ4n) is 3.83. The Kier molecular flexibility index (Phi) is 6.76. The van der Waals surface area contributed by atoms with E-state index in [1.807, 2.05) is 6.07 Å². The number of thioether (sulfide) groups is 1. The lowest BCUT2D eigenvalue weighted by Gasteiger charge is -2.25. The van der Waals surface area contributed by atoms with Crippen LogP contribution >= 0.6 is 39.3 Å². The predicted molar refractivity (Wildman–Crippen MR) is 131 cm³/mol. The number of amidine groups is 1. The SMILES string of the molecule is COc1ccc(CC(=O)N=C2S[C@@H]3CS(=O)(=O)C[C@H]3N2c2ccc(Br)cc2Cl)cc1OC. The molecule has 32 heavy (non-hydrogen) atoms. The van der Waals surface area contributed by atoms with Crippen LogP contribution in [0.3, 0.4) is 0 Å². The largest absolute Gasteiger partial charge is 0.493 e. The van der Waals surface area contributed by atoms with Crippen LogP contribution in [0.2, 0.25) is 5.02 Å². The van der Waals surface area contributed by atoms with Crippen LogP contribution in [0.25, 0.3) is 0 Å². The summed E-state index contributed by atoms with van der Waals surface area (Å²) >= 11 is 11.2. The number of methoxy groups -OCH3 is 2. The number of halogens is 2. The molecule has 2 heterocycles. The van der Waals surface area contributed by atoms with E-state index < -0.39 is 9.84 Å². The van der Waals surface area contributed by atoms with Crippen LogP contribution in [0.15, 0.2) is 45.9 Å². The molecule has 0 aromatic heterocycles. The number of sulfone groups is 1. The Hall–Kier alpha value is -1.75. The lowest BCUT2D eigenvalue weighted by molar-refractivity contribution is -0.117. The number of hydrogen-bond acceptors (Lipinski definition) is 6. The van der Waals surface area contributed by atoms with E-state index in [9.17, 15) is 13.2 Å². The maximum atomic E-state index is 12.8. The van der Waals surface area contributed by atoms with Crippen molar-refractivity contribution in [3.8, 4) is 11.5 Å². The van der Waals surface area contributed by atoms with Gasteiger partial charge in [-0.2, -0.15) is 4.99 Å². The molecule has 4 rings (SSSR count). The minimum atomic E-state index is -3.16. The topological polar surface area (TPSA) is 85.3 Å². The third-order valence-electron chi connectivity index (χ3n) is 5.26. The summed E-state index contributed by atoms with van der Waals surface area (Å²) in [5.74, 6) is 0.812. The van der Waals surface area contributed by atoms with E-state index in [2.05, 4.69) is 20.9 Å². The summed E-state index contributed by atoms with van der Waals surface area (Å²) in [5.41, 5.74) is 1.36. The third kappa shape index (κ3) is 4.78. The number of rotatable bonds is 5. The second-order valence-electron chi connectivity index (χ2n) is 7.42. The highest BCUT2D eigenvalue weighted by Gasteiger charge is 2.49. The number of ether oxygens (including phenoxy) is 2. The Morgan fingerprint density at radius 2 is 1.94 bits per heavy atom. The summed E-state index contributed by atoms with van der Waals surface area (Å²) in [4.78, 5) is 19.0. The fraction of sp³-hybridized carbons (Fsp3) is 0.333. The maximum Gasteiger partial charge on any atom is 0.252 e. The molecule has 2 aromatic rings. The van der Waals surface area contributed by atoms with Gasteiger partial charge in [-0.05, 0) is 35.9 Å². The lowest BCUT2D eigenvalue weighted by Crippen LogP contribution is -2.38. The minimum absolute atomic E-state index is 0.0000509. The number of aliphatic imine (C=N–C) groups is 1. The summed E-state index contributed by atoms with van der Waals surface area (Å²) < 4.78 is 35.8. The predicted octanol–water partition coefficient (Wildman–Crippen LogP) is 3.96. The highest BCUT2D eigenvalue weighted by atomic mass is 79.9. The van der Waals surface area contributed by atoms with E-state index in [0.717, 1.165) is 10.0 Å². The van der Waals surface area contributed by atoms with Gasteiger partial charge in [0.25, 0.3) is 5.91 Å². The van der Waals surface area contributed by atoms with E-state index in [-0.39, 0.29) is 35.1 Å². The average Bonchev–Trinajstić information content (AvgIpc) is 3.19. The van der Waals surface area contributed by atoms with Crippen LogP contribution in [0.5, 0.6) is 11.5 Å². The van der Waals surface area contributed by atoms with Crippen molar-refractivity contribution < 1.29 is 22.7 Å². The van der Waals surface area contributed by atoms with E-state index in [1.54, 1.807) is 42.3 Å². The normalized spacial score (nSPS) is 22.8. The number of benzene rings is 2. The van der Waals surface area contributed by atoms with Crippen LogP contribution < -0.4 is 14.4 Å². The van der Waals surface area contributed by atoms with Crippen molar-refractivity contribution in [2.75, 3.05) is 30.6 Å². The second-order valence-corrected chi connectivity index (χ2v) is 12.1. The molecule has 7 nitrogen and oxygen atoms in total. The molecule has 2 saturated heterocycles. The van der Waals surface area contributed by atoms with Crippen LogP contribution in [0, 0.1) is 0 Å². The first-order valence-electron chi connectivity index (χ1n) is 9.64. The smallest absolute Gasteiger partial charge is 0.252 e. The summed E-state index contributed by atoms with van der Waals surface area (Å²) in [6.07, 6.45) is 0.0694. The van der Waals surface area contributed by atoms with Gasteiger partial charge in [0.05, 0.1) is 48.9 Å². The van der Waals surface area contributed by atoms with Gasteiger partial charge < -0.3 is 14.4 Å². The van der Waals surface area contributed by atoms with E-state index in [0.29, 0.717) is 27.4 Å². The maximum absolute atomic E-state index is 12.8. The molecule has 0 unspecified atom stereocenters. The highest BCUT2D eigenvalue weighted by molar-refractivity contribution is 9.10. The van der Waals surface area contributed by atoms with Gasteiger partial charge in [0.2, 0.25) is 0 Å². The molecule has 2 aliphatic heterocycles. The molecule has 0 N–H and O–H groups in total. The zero-order valence-electron chi connectivity index (χ0n) is 17.2. The van der Waals surface area contributed by atoms with Crippen LogP contribution in [-0.2, 0) is 21.1 Å². The first-order valence-corrected chi connectivity index (χ1v) is 13.5. The van der Waals surface area contributed by atoms with Crippen molar-refractivity contribution in [1.82, 2.24) is 0 Å². The first-order chi connectivity index (χ1) is 15.2. The number of nitrogens with zero attached hydrogens (tertiary/aromatic N) is 2. The van der Waals surface area contributed by atoms with Crippen LogP contribution in [0.4, 0.5) is 5.69 Å². The Morgan fingerprint density at radius 1 is 1.19 bits per heavy atom. The number of fused-ring (bicyclic) bond motifs is 1. The molecule has 0 radical (unpaired) electrons. The van der Waals surface area contributed by atoms with Crippen molar-refractivity contribution in [1.29, 1.82) is 0 Å². The highest BCUT2D eigenvalue weighted by Crippen LogP contribution is 2.43. The average molecular weight is 560 g/mol. The van der Waals surface area contributed by atoms with E-state index in [4.69, 9.17) is 21.1 Å². The molecule has 1 amide bonds. The van der Waals surface area contributed by atoms with Gasteiger partial charge in [-0.3, -0.25) is 4.79 Å². The van der Waals surface area contributed by atoms with Gasteiger partial charge in [-0.25, -0.2) is 8.42 Å². The molecule has 170 valence electrons. The van der Waals surface area contributed by atoms with Crippen molar-refractivity contribution in [2.24, 2.45) is 4.99 Å². The molecular weight excluding hydrogens is 540 g/mol. The molecule has 2 aliphatic rings. The van der Waals surface area contributed by atoms with Crippen LogP contribution in [-0.4, -0.2) is 56.5 Å². The summed E-state index contributed by atoms with van der Waals surface area (Å²) in [6, 6.07) is 10.3. The molecule has 11 heteroatoms. The van der Waals surface area contributed by atoms with Gasteiger partial charge in [-0.1, -0.05) is 45.4 Å². The Labute approximate surface area is 204 Å². The Morgan fingerprint density at radius 3 is 2.62 bits per heavy atom. The van der Waals surface area contributed by atoms with Crippen molar-refractivity contribution in [3.05, 3.63) is 51.5 Å². The molecule has 0 spiro atoms. The third-order valence-corrected chi connectivity index (χ3v) is 9.27. The quantitative estimate of drug-likeness (QED) is 0.548. The number of anilines is 1. The molecule has 0 saturated carbocycles. The monoisotopic (exact) mass is 558 g/mol. The summed E-state index contributed by atoms with van der Waals surface area (Å²) in [5, 5.41) is 0.710. The Bertz CT molecular complexity index is 1200.